The molecule has 2 rings (SSSR count). The number of rotatable bonds is 2. The summed E-state index contributed by atoms with van der Waals surface area (Å²) in [5.41, 5.74) is 0.316. The van der Waals surface area contributed by atoms with Gasteiger partial charge in [-0.2, -0.15) is 0 Å². The minimum Gasteiger partial charge on any atom is -0.506 e. The molecule has 0 radical (unpaired) electrons. The summed E-state index contributed by atoms with van der Waals surface area (Å²) in [5.74, 6) is -0.623. The van der Waals surface area contributed by atoms with Crippen LogP contribution in [0, 0.1) is 0 Å². The predicted octanol–water partition coefficient (Wildman–Crippen LogP) is 1.05. The standard InChI is InChI=1S/C12H13ClN2O3/c13-8-6-7(3-4-10(8)16)11(17)15-9-2-1-5-14-12(9)18/h3-4,6,9,16H,1-2,5H2,(H,14,18)(H,15,17)/t9-/m1/s1. The van der Waals surface area contributed by atoms with E-state index < -0.39 is 6.04 Å². The molecule has 1 aliphatic rings. The maximum Gasteiger partial charge on any atom is 0.251 e. The van der Waals surface area contributed by atoms with Crippen molar-refractivity contribution >= 4 is 23.4 Å². The molecule has 2 amide bonds. The molecule has 0 spiro atoms. The van der Waals surface area contributed by atoms with Crippen molar-refractivity contribution in [3.63, 3.8) is 0 Å². The van der Waals surface area contributed by atoms with Crippen LogP contribution in [-0.4, -0.2) is 29.5 Å². The van der Waals surface area contributed by atoms with Crippen LogP contribution in [0.5, 0.6) is 5.75 Å². The third-order valence-corrected chi connectivity index (χ3v) is 3.10. The smallest absolute Gasteiger partial charge is 0.251 e. The van der Waals surface area contributed by atoms with Crippen LogP contribution in [0.25, 0.3) is 0 Å². The summed E-state index contributed by atoms with van der Waals surface area (Å²) >= 11 is 5.72. The van der Waals surface area contributed by atoms with Crippen LogP contribution < -0.4 is 10.6 Å². The minimum atomic E-state index is -0.501. The lowest BCUT2D eigenvalue weighted by Crippen LogP contribution is -2.50. The molecule has 1 aromatic carbocycles. The molecule has 0 bridgehead atoms. The lowest BCUT2D eigenvalue weighted by Gasteiger charge is -2.22. The molecule has 0 aromatic heterocycles. The first-order valence-electron chi connectivity index (χ1n) is 5.65. The Morgan fingerprint density at radius 1 is 1.50 bits per heavy atom. The van der Waals surface area contributed by atoms with E-state index in [2.05, 4.69) is 10.6 Å². The SMILES string of the molecule is O=C(N[C@@H]1CCCNC1=O)c1ccc(O)c(Cl)c1. The zero-order valence-corrected chi connectivity index (χ0v) is 10.3. The number of hydrogen-bond donors (Lipinski definition) is 3. The Morgan fingerprint density at radius 2 is 2.28 bits per heavy atom. The maximum atomic E-state index is 11.9. The van der Waals surface area contributed by atoms with Crippen LogP contribution in [0.15, 0.2) is 18.2 Å². The van der Waals surface area contributed by atoms with E-state index >= 15 is 0 Å². The number of amides is 2. The third-order valence-electron chi connectivity index (χ3n) is 2.80. The molecular formula is C12H13ClN2O3. The van der Waals surface area contributed by atoms with Gasteiger partial charge in [-0.25, -0.2) is 0 Å². The van der Waals surface area contributed by atoms with Crippen molar-refractivity contribution in [1.82, 2.24) is 10.6 Å². The van der Waals surface area contributed by atoms with Gasteiger partial charge in [0.2, 0.25) is 5.91 Å². The summed E-state index contributed by atoms with van der Waals surface area (Å²) in [7, 11) is 0. The summed E-state index contributed by atoms with van der Waals surface area (Å²) in [6.07, 6.45) is 1.47. The van der Waals surface area contributed by atoms with E-state index in [0.717, 1.165) is 6.42 Å². The Balaban J connectivity index is 2.07. The second-order valence-corrected chi connectivity index (χ2v) is 4.53. The Hall–Kier alpha value is -1.75. The first-order valence-corrected chi connectivity index (χ1v) is 6.03. The van der Waals surface area contributed by atoms with Crippen LogP contribution in [0.2, 0.25) is 5.02 Å². The van der Waals surface area contributed by atoms with Gasteiger partial charge in [-0.1, -0.05) is 11.6 Å². The van der Waals surface area contributed by atoms with E-state index in [1.54, 1.807) is 0 Å². The predicted molar refractivity (Wildman–Crippen MR) is 66.6 cm³/mol. The number of carbonyl (C=O) groups is 2. The molecule has 1 saturated heterocycles. The topological polar surface area (TPSA) is 78.4 Å². The zero-order valence-electron chi connectivity index (χ0n) is 9.57. The number of benzene rings is 1. The van der Waals surface area contributed by atoms with Gasteiger partial charge in [-0.15, -0.1) is 0 Å². The Morgan fingerprint density at radius 3 is 2.94 bits per heavy atom. The number of halogens is 1. The Bertz CT molecular complexity index is 490. The maximum absolute atomic E-state index is 11.9. The van der Waals surface area contributed by atoms with Crippen molar-refractivity contribution in [2.24, 2.45) is 0 Å². The van der Waals surface area contributed by atoms with Gasteiger partial charge >= 0.3 is 0 Å². The number of carbonyl (C=O) groups excluding carboxylic acids is 2. The van der Waals surface area contributed by atoms with E-state index in [9.17, 15) is 14.7 Å². The number of piperidine rings is 1. The molecule has 0 saturated carbocycles. The van der Waals surface area contributed by atoms with Gasteiger partial charge in [0.25, 0.3) is 5.91 Å². The van der Waals surface area contributed by atoms with Crippen molar-refractivity contribution in [2.75, 3.05) is 6.54 Å². The van der Waals surface area contributed by atoms with Gasteiger partial charge in [0.15, 0.2) is 0 Å². The zero-order chi connectivity index (χ0) is 13.1. The van der Waals surface area contributed by atoms with E-state index in [0.29, 0.717) is 18.5 Å². The van der Waals surface area contributed by atoms with Gasteiger partial charge in [0.1, 0.15) is 11.8 Å². The summed E-state index contributed by atoms with van der Waals surface area (Å²) in [6.45, 7) is 0.649. The molecule has 6 heteroatoms. The first-order chi connectivity index (χ1) is 8.58. The van der Waals surface area contributed by atoms with Crippen molar-refractivity contribution in [3.8, 4) is 5.75 Å². The van der Waals surface area contributed by atoms with Crippen molar-refractivity contribution < 1.29 is 14.7 Å². The molecule has 0 aliphatic carbocycles. The van der Waals surface area contributed by atoms with Gasteiger partial charge in [0.05, 0.1) is 5.02 Å². The van der Waals surface area contributed by atoms with E-state index in [-0.39, 0.29) is 22.6 Å². The average Bonchev–Trinajstić information content (AvgIpc) is 2.35. The Kier molecular flexibility index (Phi) is 3.72. The lowest BCUT2D eigenvalue weighted by molar-refractivity contribution is -0.124. The minimum absolute atomic E-state index is 0.0800. The molecule has 3 N–H and O–H groups in total. The molecule has 1 atom stereocenters. The third kappa shape index (κ3) is 2.73. The molecule has 1 fully saturated rings. The van der Waals surface area contributed by atoms with Crippen LogP contribution in [0.4, 0.5) is 0 Å². The van der Waals surface area contributed by atoms with Gasteiger partial charge < -0.3 is 15.7 Å². The fourth-order valence-corrected chi connectivity index (χ4v) is 1.98. The quantitative estimate of drug-likeness (QED) is 0.750. The van der Waals surface area contributed by atoms with Crippen molar-refractivity contribution in [1.29, 1.82) is 0 Å². The second-order valence-electron chi connectivity index (χ2n) is 4.13. The van der Waals surface area contributed by atoms with Crippen LogP contribution in [-0.2, 0) is 4.79 Å². The summed E-state index contributed by atoms with van der Waals surface area (Å²) in [5, 5.41) is 14.7. The summed E-state index contributed by atoms with van der Waals surface area (Å²) in [6, 6.07) is 3.67. The molecule has 18 heavy (non-hydrogen) atoms. The van der Waals surface area contributed by atoms with E-state index in [1.807, 2.05) is 0 Å². The molecule has 1 heterocycles. The van der Waals surface area contributed by atoms with Crippen LogP contribution in [0.3, 0.4) is 0 Å². The lowest BCUT2D eigenvalue weighted by atomic mass is 10.1. The fraction of sp³-hybridized carbons (Fsp3) is 0.333. The molecule has 1 aromatic rings. The van der Waals surface area contributed by atoms with Gasteiger partial charge in [-0.3, -0.25) is 9.59 Å². The number of aromatic hydroxyl groups is 1. The molecule has 0 unspecified atom stereocenters. The van der Waals surface area contributed by atoms with Crippen LogP contribution >= 0.6 is 11.6 Å². The fourth-order valence-electron chi connectivity index (χ4n) is 1.80. The largest absolute Gasteiger partial charge is 0.506 e. The number of phenols is 1. The van der Waals surface area contributed by atoms with E-state index in [1.165, 1.54) is 18.2 Å². The van der Waals surface area contributed by atoms with Gasteiger partial charge in [0, 0.05) is 12.1 Å². The highest BCUT2D eigenvalue weighted by atomic mass is 35.5. The number of nitrogens with one attached hydrogen (secondary N) is 2. The average molecular weight is 269 g/mol. The summed E-state index contributed by atoms with van der Waals surface area (Å²) < 4.78 is 0. The van der Waals surface area contributed by atoms with Crippen molar-refractivity contribution in [3.05, 3.63) is 28.8 Å². The highest BCUT2D eigenvalue weighted by molar-refractivity contribution is 6.32. The first kappa shape index (κ1) is 12.7. The summed E-state index contributed by atoms with van der Waals surface area (Å²) in [4.78, 5) is 23.4. The monoisotopic (exact) mass is 268 g/mol. The second kappa shape index (κ2) is 5.27. The van der Waals surface area contributed by atoms with Crippen LogP contribution in [0.1, 0.15) is 23.2 Å². The highest BCUT2D eigenvalue weighted by Gasteiger charge is 2.24. The molecular weight excluding hydrogens is 256 g/mol. The number of hydrogen-bond acceptors (Lipinski definition) is 3. The number of phenolic OH excluding ortho intramolecular Hbond substituents is 1. The Labute approximate surface area is 109 Å². The molecule has 1 aliphatic heterocycles. The van der Waals surface area contributed by atoms with E-state index in [4.69, 9.17) is 11.6 Å². The molecule has 5 nitrogen and oxygen atoms in total. The van der Waals surface area contributed by atoms with Gasteiger partial charge in [-0.05, 0) is 31.0 Å². The van der Waals surface area contributed by atoms with Crippen molar-refractivity contribution in [2.45, 2.75) is 18.9 Å². The normalized spacial score (nSPS) is 19.2. The highest BCUT2D eigenvalue weighted by Crippen LogP contribution is 2.23. The molecule has 96 valence electrons.